The van der Waals surface area contributed by atoms with Crippen molar-refractivity contribution in [3.63, 3.8) is 0 Å². The van der Waals surface area contributed by atoms with Gasteiger partial charge < -0.3 is 15.5 Å². The Kier molecular flexibility index (Phi) is 6.82. The normalized spacial score (nSPS) is 15.0. The zero-order valence-corrected chi connectivity index (χ0v) is 16.8. The van der Waals surface area contributed by atoms with Crippen molar-refractivity contribution in [2.45, 2.75) is 18.9 Å². The summed E-state index contributed by atoms with van der Waals surface area (Å²) in [6, 6.07) is 14.0. The SMILES string of the molecule is CN(C)c1ccc([C@@H](CNC(=O)C(=O)Nc2ccccc2F)N2CCCC2)cc1. The molecule has 1 heterocycles. The Morgan fingerprint density at radius 1 is 1.03 bits per heavy atom. The molecule has 2 amide bonds. The third kappa shape index (κ3) is 5.32. The topological polar surface area (TPSA) is 64.7 Å². The molecule has 3 rings (SSSR count). The van der Waals surface area contributed by atoms with Crippen LogP contribution in [0.2, 0.25) is 0 Å². The summed E-state index contributed by atoms with van der Waals surface area (Å²) in [5.74, 6) is -2.23. The number of likely N-dealkylation sites (tertiary alicyclic amines) is 1. The van der Waals surface area contributed by atoms with Crippen LogP contribution in [-0.2, 0) is 9.59 Å². The number of rotatable bonds is 6. The van der Waals surface area contributed by atoms with E-state index in [9.17, 15) is 14.0 Å². The van der Waals surface area contributed by atoms with E-state index in [2.05, 4.69) is 27.7 Å². The predicted molar refractivity (Wildman–Crippen MR) is 112 cm³/mol. The molecule has 0 aliphatic carbocycles. The lowest BCUT2D eigenvalue weighted by molar-refractivity contribution is -0.136. The highest BCUT2D eigenvalue weighted by molar-refractivity contribution is 6.39. The Morgan fingerprint density at radius 3 is 2.31 bits per heavy atom. The van der Waals surface area contributed by atoms with Gasteiger partial charge in [0.2, 0.25) is 0 Å². The van der Waals surface area contributed by atoms with Gasteiger partial charge in [0.15, 0.2) is 0 Å². The maximum atomic E-state index is 13.7. The minimum absolute atomic E-state index is 0.0111. The van der Waals surface area contributed by atoms with Gasteiger partial charge in [0, 0.05) is 26.3 Å². The molecular formula is C22H27FN4O2. The maximum absolute atomic E-state index is 13.7. The summed E-state index contributed by atoms with van der Waals surface area (Å²) < 4.78 is 13.7. The standard InChI is InChI=1S/C22H27FN4O2/c1-26(2)17-11-9-16(10-12-17)20(27-13-5-6-14-27)15-24-21(28)22(29)25-19-8-4-3-7-18(19)23/h3-4,7-12,20H,5-6,13-15H2,1-2H3,(H,24,28)(H,25,29)/t20-/m1/s1. The van der Waals surface area contributed by atoms with Crippen LogP contribution in [0.25, 0.3) is 0 Å². The number of para-hydroxylation sites is 1. The number of carbonyl (C=O) groups is 2. The van der Waals surface area contributed by atoms with Crippen molar-refractivity contribution >= 4 is 23.2 Å². The van der Waals surface area contributed by atoms with Crippen LogP contribution >= 0.6 is 0 Å². The van der Waals surface area contributed by atoms with Gasteiger partial charge >= 0.3 is 11.8 Å². The van der Waals surface area contributed by atoms with Crippen molar-refractivity contribution in [1.29, 1.82) is 0 Å². The molecule has 1 saturated heterocycles. The fourth-order valence-electron chi connectivity index (χ4n) is 3.52. The molecule has 6 nitrogen and oxygen atoms in total. The summed E-state index contributed by atoms with van der Waals surface area (Å²) in [5, 5.41) is 5.03. The Labute approximate surface area is 170 Å². The second-order valence-electron chi connectivity index (χ2n) is 7.39. The van der Waals surface area contributed by atoms with Crippen molar-refractivity contribution in [2.24, 2.45) is 0 Å². The largest absolute Gasteiger partial charge is 0.378 e. The maximum Gasteiger partial charge on any atom is 0.313 e. The molecular weight excluding hydrogens is 371 g/mol. The highest BCUT2D eigenvalue weighted by Crippen LogP contribution is 2.26. The van der Waals surface area contributed by atoms with Crippen LogP contribution < -0.4 is 15.5 Å². The Balaban J connectivity index is 1.65. The van der Waals surface area contributed by atoms with Crippen LogP contribution in [0.4, 0.5) is 15.8 Å². The van der Waals surface area contributed by atoms with Crippen LogP contribution in [0.5, 0.6) is 0 Å². The summed E-state index contributed by atoms with van der Waals surface area (Å²) >= 11 is 0. The first kappa shape index (κ1) is 20.8. The number of anilines is 2. The van der Waals surface area contributed by atoms with E-state index in [4.69, 9.17) is 0 Å². The average molecular weight is 398 g/mol. The molecule has 0 aromatic heterocycles. The molecule has 2 N–H and O–H groups in total. The van der Waals surface area contributed by atoms with Crippen LogP contribution in [0, 0.1) is 5.82 Å². The van der Waals surface area contributed by atoms with Gasteiger partial charge in [0.25, 0.3) is 0 Å². The fourth-order valence-corrected chi connectivity index (χ4v) is 3.52. The van der Waals surface area contributed by atoms with Crippen LogP contribution in [-0.4, -0.2) is 50.4 Å². The van der Waals surface area contributed by atoms with E-state index in [1.54, 1.807) is 6.07 Å². The van der Waals surface area contributed by atoms with Gasteiger partial charge in [-0.25, -0.2) is 4.39 Å². The highest BCUT2D eigenvalue weighted by Gasteiger charge is 2.25. The number of nitrogens with one attached hydrogen (secondary N) is 2. The van der Waals surface area contributed by atoms with Crippen molar-refractivity contribution in [2.75, 3.05) is 43.9 Å². The monoisotopic (exact) mass is 398 g/mol. The van der Waals surface area contributed by atoms with Crippen LogP contribution in [0.15, 0.2) is 48.5 Å². The number of nitrogens with zero attached hydrogens (tertiary/aromatic N) is 2. The number of amides is 2. The van der Waals surface area contributed by atoms with Gasteiger partial charge in [-0.15, -0.1) is 0 Å². The summed E-state index contributed by atoms with van der Waals surface area (Å²) in [5.41, 5.74) is 2.18. The van der Waals surface area contributed by atoms with Crippen LogP contribution in [0.3, 0.4) is 0 Å². The molecule has 2 aromatic carbocycles. The first-order chi connectivity index (χ1) is 14.0. The van der Waals surface area contributed by atoms with E-state index in [1.165, 1.54) is 18.2 Å². The highest BCUT2D eigenvalue weighted by atomic mass is 19.1. The number of benzene rings is 2. The second-order valence-corrected chi connectivity index (χ2v) is 7.39. The van der Waals surface area contributed by atoms with Crippen molar-refractivity contribution in [3.05, 3.63) is 59.9 Å². The number of halogens is 1. The quantitative estimate of drug-likeness (QED) is 0.735. The Bertz CT molecular complexity index is 848. The molecule has 7 heteroatoms. The lowest BCUT2D eigenvalue weighted by Crippen LogP contribution is -2.41. The molecule has 0 unspecified atom stereocenters. The van der Waals surface area contributed by atoms with Crippen molar-refractivity contribution in [1.82, 2.24) is 10.2 Å². The van der Waals surface area contributed by atoms with Gasteiger partial charge in [0.1, 0.15) is 5.82 Å². The van der Waals surface area contributed by atoms with Crippen molar-refractivity contribution < 1.29 is 14.0 Å². The molecule has 0 spiro atoms. The van der Waals surface area contributed by atoms with Gasteiger partial charge in [-0.1, -0.05) is 24.3 Å². The molecule has 1 aliphatic heterocycles. The van der Waals surface area contributed by atoms with E-state index >= 15 is 0 Å². The van der Waals surface area contributed by atoms with Gasteiger partial charge in [-0.3, -0.25) is 14.5 Å². The van der Waals surface area contributed by atoms with E-state index in [0.29, 0.717) is 6.54 Å². The molecule has 154 valence electrons. The van der Waals surface area contributed by atoms with Crippen LogP contribution in [0.1, 0.15) is 24.4 Å². The summed E-state index contributed by atoms with van der Waals surface area (Å²) in [6.07, 6.45) is 2.24. The predicted octanol–water partition coefficient (Wildman–Crippen LogP) is 2.78. The molecule has 2 aromatic rings. The third-order valence-electron chi connectivity index (χ3n) is 5.16. The lowest BCUT2D eigenvalue weighted by atomic mass is 10.0. The van der Waals surface area contributed by atoms with Gasteiger partial charge in [-0.2, -0.15) is 0 Å². The zero-order valence-electron chi connectivity index (χ0n) is 16.8. The van der Waals surface area contributed by atoms with E-state index < -0.39 is 17.6 Å². The lowest BCUT2D eigenvalue weighted by Gasteiger charge is -2.28. The minimum atomic E-state index is -0.877. The van der Waals surface area contributed by atoms with Crippen molar-refractivity contribution in [3.8, 4) is 0 Å². The summed E-state index contributed by atoms with van der Waals surface area (Å²) in [6.45, 7) is 2.22. The summed E-state index contributed by atoms with van der Waals surface area (Å²) in [4.78, 5) is 28.8. The second kappa shape index (κ2) is 9.52. The van der Waals surface area contributed by atoms with Gasteiger partial charge in [-0.05, 0) is 55.8 Å². The van der Waals surface area contributed by atoms with E-state index in [1.807, 2.05) is 31.1 Å². The molecule has 1 aliphatic rings. The fraction of sp³-hybridized carbons (Fsp3) is 0.364. The Morgan fingerprint density at radius 2 is 1.69 bits per heavy atom. The zero-order chi connectivity index (χ0) is 20.8. The summed E-state index contributed by atoms with van der Waals surface area (Å²) in [7, 11) is 3.97. The molecule has 1 atom stereocenters. The third-order valence-corrected chi connectivity index (χ3v) is 5.16. The average Bonchev–Trinajstić information content (AvgIpc) is 3.24. The van der Waals surface area contributed by atoms with Gasteiger partial charge in [0.05, 0.1) is 11.7 Å². The number of hydrogen-bond donors (Lipinski definition) is 2. The molecule has 29 heavy (non-hydrogen) atoms. The molecule has 0 bridgehead atoms. The first-order valence-corrected chi connectivity index (χ1v) is 9.81. The molecule has 0 saturated carbocycles. The smallest absolute Gasteiger partial charge is 0.313 e. The molecule has 1 fully saturated rings. The Hall–Kier alpha value is -2.93. The first-order valence-electron chi connectivity index (χ1n) is 9.81. The molecule has 0 radical (unpaired) electrons. The van der Waals surface area contributed by atoms with E-state index in [0.717, 1.165) is 37.2 Å². The number of carbonyl (C=O) groups excluding carboxylic acids is 2. The van der Waals surface area contributed by atoms with E-state index in [-0.39, 0.29) is 11.7 Å². The number of hydrogen-bond acceptors (Lipinski definition) is 4. The minimum Gasteiger partial charge on any atom is -0.378 e.